The van der Waals surface area contributed by atoms with E-state index in [2.05, 4.69) is 9.97 Å². The molecule has 150 valence electrons. The van der Waals surface area contributed by atoms with Crippen LogP contribution < -0.4 is 10.9 Å². The maximum absolute atomic E-state index is 11.4. The highest BCUT2D eigenvalue weighted by Crippen LogP contribution is 2.49. The molecule has 1 fully saturated rings. The fraction of sp³-hybridized carbons (Fsp3) is 0.238. The molecule has 0 radical (unpaired) electrons. The number of benzene rings is 2. The standard InChI is InChI=1S/C21H21ClN4O2S/c1-12-17(3-2-4-19(12)22)20-11-15(25-21(23)26-20)9-14-10-18(14)13-5-7-16(8-6-13)29(24,27)28/h2-8,11,14,18H,9-10H2,1H3,(H2,23,25,26)(H2,24,27,28)/t14-,18+/m0/s1. The van der Waals surface area contributed by atoms with Crippen molar-refractivity contribution in [1.82, 2.24) is 9.97 Å². The van der Waals surface area contributed by atoms with Crippen LogP contribution in [-0.2, 0) is 16.4 Å². The first-order valence-electron chi connectivity index (χ1n) is 9.24. The molecule has 1 aromatic heterocycles. The molecule has 1 saturated carbocycles. The number of nitrogen functional groups attached to an aromatic ring is 1. The molecule has 0 bridgehead atoms. The SMILES string of the molecule is Cc1c(Cl)cccc1-c1cc(C[C@H]2C[C@@H]2c2ccc(S(N)(=O)=O)cc2)nc(N)n1. The largest absolute Gasteiger partial charge is 0.368 e. The van der Waals surface area contributed by atoms with E-state index in [9.17, 15) is 8.42 Å². The van der Waals surface area contributed by atoms with Gasteiger partial charge in [-0.05, 0) is 67.0 Å². The van der Waals surface area contributed by atoms with E-state index in [4.69, 9.17) is 22.5 Å². The fourth-order valence-electron chi connectivity index (χ4n) is 3.70. The smallest absolute Gasteiger partial charge is 0.238 e. The molecule has 0 aliphatic heterocycles. The number of primary sulfonamides is 1. The summed E-state index contributed by atoms with van der Waals surface area (Å²) in [5, 5.41) is 5.85. The minimum absolute atomic E-state index is 0.128. The minimum Gasteiger partial charge on any atom is -0.368 e. The number of halogens is 1. The lowest BCUT2D eigenvalue weighted by molar-refractivity contribution is 0.597. The van der Waals surface area contributed by atoms with Crippen LogP contribution in [0.25, 0.3) is 11.3 Å². The molecule has 1 heterocycles. The van der Waals surface area contributed by atoms with E-state index in [0.29, 0.717) is 16.9 Å². The van der Waals surface area contributed by atoms with Gasteiger partial charge in [-0.1, -0.05) is 35.9 Å². The first-order chi connectivity index (χ1) is 13.7. The van der Waals surface area contributed by atoms with Crippen molar-refractivity contribution in [1.29, 1.82) is 0 Å². The lowest BCUT2D eigenvalue weighted by atomic mass is 10.0. The van der Waals surface area contributed by atoms with Crippen LogP contribution in [-0.4, -0.2) is 18.4 Å². The number of nitrogens with zero attached hydrogens (tertiary/aromatic N) is 2. The Morgan fingerprint density at radius 2 is 1.86 bits per heavy atom. The van der Waals surface area contributed by atoms with Crippen LogP contribution in [0.5, 0.6) is 0 Å². The monoisotopic (exact) mass is 428 g/mol. The Bertz CT molecular complexity index is 1180. The molecule has 2 atom stereocenters. The van der Waals surface area contributed by atoms with E-state index in [1.807, 2.05) is 43.3 Å². The summed E-state index contributed by atoms with van der Waals surface area (Å²) in [5.41, 5.74) is 10.6. The third kappa shape index (κ3) is 4.27. The molecule has 0 saturated heterocycles. The third-order valence-electron chi connectivity index (χ3n) is 5.37. The molecule has 3 aromatic rings. The highest BCUT2D eigenvalue weighted by atomic mass is 35.5. The van der Waals surface area contributed by atoms with Crippen molar-refractivity contribution >= 4 is 27.6 Å². The van der Waals surface area contributed by atoms with Crippen LogP contribution >= 0.6 is 11.6 Å². The Balaban J connectivity index is 1.53. The summed E-state index contributed by atoms with van der Waals surface area (Å²) < 4.78 is 22.8. The van der Waals surface area contributed by atoms with E-state index in [1.165, 1.54) is 0 Å². The average Bonchev–Trinajstić information content (AvgIpc) is 3.42. The maximum Gasteiger partial charge on any atom is 0.238 e. The Morgan fingerprint density at radius 3 is 2.55 bits per heavy atom. The van der Waals surface area contributed by atoms with Gasteiger partial charge in [0.1, 0.15) is 0 Å². The van der Waals surface area contributed by atoms with Gasteiger partial charge in [0.25, 0.3) is 0 Å². The summed E-state index contributed by atoms with van der Waals surface area (Å²) in [4.78, 5) is 8.92. The minimum atomic E-state index is -3.67. The summed E-state index contributed by atoms with van der Waals surface area (Å²) >= 11 is 6.24. The zero-order chi connectivity index (χ0) is 20.8. The molecule has 29 heavy (non-hydrogen) atoms. The van der Waals surface area contributed by atoms with E-state index in [-0.39, 0.29) is 10.8 Å². The van der Waals surface area contributed by atoms with Crippen molar-refractivity contribution in [3.63, 3.8) is 0 Å². The van der Waals surface area contributed by atoms with Gasteiger partial charge in [-0.2, -0.15) is 0 Å². The highest BCUT2D eigenvalue weighted by molar-refractivity contribution is 7.89. The van der Waals surface area contributed by atoms with Crippen LogP contribution in [0.15, 0.2) is 53.4 Å². The molecule has 4 rings (SSSR count). The molecular weight excluding hydrogens is 408 g/mol. The van der Waals surface area contributed by atoms with Gasteiger partial charge in [0, 0.05) is 16.3 Å². The normalized spacial score (nSPS) is 18.6. The Labute approximate surface area is 175 Å². The highest BCUT2D eigenvalue weighted by Gasteiger charge is 2.38. The summed E-state index contributed by atoms with van der Waals surface area (Å²) in [7, 11) is -3.67. The second-order valence-electron chi connectivity index (χ2n) is 7.44. The first kappa shape index (κ1) is 19.8. The number of anilines is 1. The fourth-order valence-corrected chi connectivity index (χ4v) is 4.39. The van der Waals surface area contributed by atoms with E-state index in [0.717, 1.165) is 40.9 Å². The molecule has 0 spiro atoms. The maximum atomic E-state index is 11.4. The molecule has 2 aromatic carbocycles. The predicted molar refractivity (Wildman–Crippen MR) is 114 cm³/mol. The van der Waals surface area contributed by atoms with Gasteiger partial charge < -0.3 is 5.73 Å². The van der Waals surface area contributed by atoms with Crippen LogP contribution in [0.2, 0.25) is 5.02 Å². The van der Waals surface area contributed by atoms with Gasteiger partial charge in [-0.3, -0.25) is 0 Å². The van der Waals surface area contributed by atoms with Gasteiger partial charge in [0.15, 0.2) is 0 Å². The summed E-state index contributed by atoms with van der Waals surface area (Å²) in [5.74, 6) is 1.04. The summed E-state index contributed by atoms with van der Waals surface area (Å²) in [6.07, 6.45) is 1.80. The van der Waals surface area contributed by atoms with Crippen molar-refractivity contribution in [2.75, 3.05) is 5.73 Å². The molecule has 1 aliphatic carbocycles. The summed E-state index contributed by atoms with van der Waals surface area (Å²) in [6.45, 7) is 1.96. The van der Waals surface area contributed by atoms with E-state index >= 15 is 0 Å². The summed E-state index contributed by atoms with van der Waals surface area (Å²) in [6, 6.07) is 14.5. The second-order valence-corrected chi connectivity index (χ2v) is 9.40. The number of nitrogens with two attached hydrogens (primary N) is 2. The Morgan fingerprint density at radius 1 is 1.14 bits per heavy atom. The van der Waals surface area contributed by atoms with Crippen molar-refractivity contribution in [3.05, 3.63) is 70.4 Å². The number of aromatic nitrogens is 2. The molecule has 0 unspecified atom stereocenters. The molecule has 1 aliphatic rings. The second kappa shape index (κ2) is 7.40. The lowest BCUT2D eigenvalue weighted by Gasteiger charge is -2.09. The van der Waals surface area contributed by atoms with Crippen LogP contribution in [0.4, 0.5) is 5.95 Å². The number of hydrogen-bond donors (Lipinski definition) is 2. The number of hydrogen-bond acceptors (Lipinski definition) is 5. The van der Waals surface area contributed by atoms with Crippen LogP contribution in [0, 0.1) is 12.8 Å². The van der Waals surface area contributed by atoms with Crippen molar-refractivity contribution in [2.24, 2.45) is 11.1 Å². The van der Waals surface area contributed by atoms with Gasteiger partial charge in [0.2, 0.25) is 16.0 Å². The molecular formula is C21H21ClN4O2S. The quantitative estimate of drug-likeness (QED) is 0.643. The molecule has 0 amide bonds. The van der Waals surface area contributed by atoms with Crippen molar-refractivity contribution in [2.45, 2.75) is 30.6 Å². The van der Waals surface area contributed by atoms with Gasteiger partial charge in [-0.25, -0.2) is 23.5 Å². The van der Waals surface area contributed by atoms with Gasteiger partial charge >= 0.3 is 0 Å². The first-order valence-corrected chi connectivity index (χ1v) is 11.2. The van der Waals surface area contributed by atoms with Crippen molar-refractivity contribution < 1.29 is 8.42 Å². The zero-order valence-corrected chi connectivity index (χ0v) is 17.4. The molecule has 8 heteroatoms. The van der Waals surface area contributed by atoms with Gasteiger partial charge in [0.05, 0.1) is 10.6 Å². The van der Waals surface area contributed by atoms with Crippen LogP contribution in [0.3, 0.4) is 0 Å². The Hall–Kier alpha value is -2.48. The number of rotatable bonds is 5. The predicted octanol–water partition coefficient (Wildman–Crippen LogP) is 3.68. The van der Waals surface area contributed by atoms with Crippen molar-refractivity contribution in [3.8, 4) is 11.3 Å². The zero-order valence-electron chi connectivity index (χ0n) is 15.8. The van der Waals surface area contributed by atoms with Gasteiger partial charge in [-0.15, -0.1) is 0 Å². The van der Waals surface area contributed by atoms with Crippen LogP contribution in [0.1, 0.15) is 29.2 Å². The Kier molecular flexibility index (Phi) is 5.06. The van der Waals surface area contributed by atoms with E-state index in [1.54, 1.807) is 12.1 Å². The molecule has 4 N–H and O–H groups in total. The third-order valence-corrected chi connectivity index (χ3v) is 6.71. The lowest BCUT2D eigenvalue weighted by Crippen LogP contribution is -2.11. The number of sulfonamides is 1. The average molecular weight is 429 g/mol. The van der Waals surface area contributed by atoms with E-state index < -0.39 is 10.0 Å². The topological polar surface area (TPSA) is 112 Å². The molecule has 6 nitrogen and oxygen atoms in total.